The molecule has 0 atom stereocenters. The second-order valence-corrected chi connectivity index (χ2v) is 8.87. The number of para-hydroxylation sites is 2. The molecule has 0 spiro atoms. The van der Waals surface area contributed by atoms with Crippen LogP contribution in [0.4, 0.5) is 11.4 Å². The summed E-state index contributed by atoms with van der Waals surface area (Å²) in [5.41, 5.74) is 15.2. The molecule has 4 nitrogen and oxygen atoms in total. The summed E-state index contributed by atoms with van der Waals surface area (Å²) >= 11 is 0. The normalized spacial score (nSPS) is 11.3. The van der Waals surface area contributed by atoms with E-state index >= 15 is 0 Å². The molecule has 0 aliphatic rings. The molecular weight excluding hydrogens is 432 g/mol. The molecular formula is C31H34N2O2. The van der Waals surface area contributed by atoms with Crippen molar-refractivity contribution in [1.82, 2.24) is 0 Å². The molecule has 4 aromatic rings. The van der Waals surface area contributed by atoms with Gasteiger partial charge < -0.3 is 20.9 Å². The van der Waals surface area contributed by atoms with Crippen molar-refractivity contribution in [3.63, 3.8) is 0 Å². The molecule has 0 heterocycles. The van der Waals surface area contributed by atoms with Gasteiger partial charge in [0.25, 0.3) is 0 Å². The van der Waals surface area contributed by atoms with Gasteiger partial charge in [0.15, 0.2) is 0 Å². The molecule has 35 heavy (non-hydrogen) atoms. The lowest BCUT2D eigenvalue weighted by Crippen LogP contribution is -2.28. The Bertz CT molecular complexity index is 1140. The first kappa shape index (κ1) is 24.2. The van der Waals surface area contributed by atoms with Gasteiger partial charge >= 0.3 is 0 Å². The molecule has 180 valence electrons. The standard InChI is InChI=1S/C31H34N2O2/c1-3-5-22-31(4-2,27-10-6-8-12-29(27)34-25-18-14-23(32)15-19-25)28-11-7-9-13-30(28)35-26-20-16-24(33)17-21-26/h6-21H,3-5,22,32-33H2,1-2H3. The van der Waals surface area contributed by atoms with Crippen molar-refractivity contribution in [2.75, 3.05) is 11.5 Å². The second kappa shape index (κ2) is 11.0. The number of nitrogen functional groups attached to an aromatic ring is 2. The molecule has 0 aliphatic carbocycles. The van der Waals surface area contributed by atoms with Gasteiger partial charge in [0.2, 0.25) is 0 Å². The van der Waals surface area contributed by atoms with Crippen molar-refractivity contribution in [2.24, 2.45) is 0 Å². The van der Waals surface area contributed by atoms with E-state index in [2.05, 4.69) is 38.1 Å². The van der Waals surface area contributed by atoms with Gasteiger partial charge in [-0.25, -0.2) is 0 Å². The van der Waals surface area contributed by atoms with Crippen LogP contribution in [-0.2, 0) is 5.41 Å². The van der Waals surface area contributed by atoms with Crippen molar-refractivity contribution in [2.45, 2.75) is 44.9 Å². The Kier molecular flexibility index (Phi) is 7.61. The predicted molar refractivity (Wildman–Crippen MR) is 145 cm³/mol. The lowest BCUT2D eigenvalue weighted by atomic mass is 9.68. The van der Waals surface area contributed by atoms with Gasteiger partial charge in [-0.15, -0.1) is 0 Å². The summed E-state index contributed by atoms with van der Waals surface area (Å²) in [7, 11) is 0. The Morgan fingerprint density at radius 3 is 1.43 bits per heavy atom. The number of ether oxygens (including phenoxy) is 2. The molecule has 0 saturated heterocycles. The smallest absolute Gasteiger partial charge is 0.131 e. The van der Waals surface area contributed by atoms with Gasteiger partial charge in [-0.2, -0.15) is 0 Å². The van der Waals surface area contributed by atoms with Gasteiger partial charge in [0.05, 0.1) is 0 Å². The lowest BCUT2D eigenvalue weighted by molar-refractivity contribution is 0.387. The SMILES string of the molecule is CCCCC(CC)(c1ccccc1Oc1ccc(N)cc1)c1ccccc1Oc1ccc(N)cc1. The summed E-state index contributed by atoms with van der Waals surface area (Å²) in [6.07, 6.45) is 4.06. The van der Waals surface area contributed by atoms with Crippen molar-refractivity contribution < 1.29 is 9.47 Å². The number of rotatable bonds is 10. The maximum absolute atomic E-state index is 6.43. The highest BCUT2D eigenvalue weighted by molar-refractivity contribution is 5.54. The molecule has 4 rings (SSSR count). The first-order valence-corrected chi connectivity index (χ1v) is 12.3. The molecule has 0 saturated carbocycles. The summed E-state index contributed by atoms with van der Waals surface area (Å²) in [5, 5.41) is 0. The molecule has 0 amide bonds. The Balaban J connectivity index is 1.82. The monoisotopic (exact) mass is 466 g/mol. The maximum atomic E-state index is 6.43. The third kappa shape index (κ3) is 5.43. The van der Waals surface area contributed by atoms with Crippen molar-refractivity contribution in [1.29, 1.82) is 0 Å². The fraction of sp³-hybridized carbons (Fsp3) is 0.226. The van der Waals surface area contributed by atoms with Crippen molar-refractivity contribution in [3.05, 3.63) is 108 Å². The Morgan fingerprint density at radius 2 is 1.03 bits per heavy atom. The fourth-order valence-electron chi connectivity index (χ4n) is 4.68. The van der Waals surface area contributed by atoms with Gasteiger partial charge in [-0.05, 0) is 73.5 Å². The van der Waals surface area contributed by atoms with E-state index in [1.165, 1.54) is 0 Å². The molecule has 4 N–H and O–H groups in total. The summed E-state index contributed by atoms with van der Waals surface area (Å²) in [5.74, 6) is 3.21. The molecule has 0 unspecified atom stereocenters. The van der Waals surface area contributed by atoms with Gasteiger partial charge in [-0.3, -0.25) is 0 Å². The van der Waals surface area contributed by atoms with E-state index in [-0.39, 0.29) is 5.41 Å². The van der Waals surface area contributed by atoms with E-state index in [0.29, 0.717) is 11.4 Å². The van der Waals surface area contributed by atoms with Crippen LogP contribution in [-0.4, -0.2) is 0 Å². The number of hydrogen-bond acceptors (Lipinski definition) is 4. The van der Waals surface area contributed by atoms with Gasteiger partial charge in [-0.1, -0.05) is 63.1 Å². The van der Waals surface area contributed by atoms with Crippen LogP contribution < -0.4 is 20.9 Å². The minimum Gasteiger partial charge on any atom is -0.457 e. The third-order valence-corrected chi connectivity index (χ3v) is 6.58. The fourth-order valence-corrected chi connectivity index (χ4v) is 4.68. The zero-order chi connectivity index (χ0) is 24.7. The number of unbranched alkanes of at least 4 members (excludes halogenated alkanes) is 1. The van der Waals surface area contributed by atoms with E-state index in [1.807, 2.05) is 72.8 Å². The zero-order valence-electron chi connectivity index (χ0n) is 20.5. The van der Waals surface area contributed by atoms with Gasteiger partial charge in [0, 0.05) is 27.9 Å². The highest BCUT2D eigenvalue weighted by Gasteiger charge is 2.37. The number of anilines is 2. The van der Waals surface area contributed by atoms with E-state index < -0.39 is 0 Å². The second-order valence-electron chi connectivity index (χ2n) is 8.87. The molecule has 4 aromatic carbocycles. The van der Waals surface area contributed by atoms with Gasteiger partial charge in [0.1, 0.15) is 23.0 Å². The van der Waals surface area contributed by atoms with Crippen molar-refractivity contribution in [3.8, 4) is 23.0 Å². The largest absolute Gasteiger partial charge is 0.457 e. The summed E-state index contributed by atoms with van der Waals surface area (Å²) in [4.78, 5) is 0. The molecule has 0 bridgehead atoms. The van der Waals surface area contributed by atoms with Crippen LogP contribution in [0.5, 0.6) is 23.0 Å². The topological polar surface area (TPSA) is 70.5 Å². The molecule has 0 aliphatic heterocycles. The maximum Gasteiger partial charge on any atom is 0.131 e. The average Bonchev–Trinajstić information content (AvgIpc) is 2.89. The predicted octanol–water partition coefficient (Wildman–Crippen LogP) is 8.32. The van der Waals surface area contributed by atoms with Crippen LogP contribution >= 0.6 is 0 Å². The number of benzene rings is 4. The minimum absolute atomic E-state index is 0.287. The Labute approximate surface area is 208 Å². The Hall–Kier alpha value is -3.92. The minimum atomic E-state index is -0.287. The molecule has 4 heteroatoms. The summed E-state index contributed by atoms with van der Waals surface area (Å²) in [6, 6.07) is 31.7. The zero-order valence-corrected chi connectivity index (χ0v) is 20.5. The van der Waals surface area contributed by atoms with Crippen LogP contribution in [0, 0.1) is 0 Å². The quantitative estimate of drug-likeness (QED) is 0.230. The van der Waals surface area contributed by atoms with E-state index in [9.17, 15) is 0 Å². The van der Waals surface area contributed by atoms with E-state index in [0.717, 1.165) is 59.8 Å². The third-order valence-electron chi connectivity index (χ3n) is 6.58. The number of nitrogens with two attached hydrogens (primary N) is 2. The van der Waals surface area contributed by atoms with Crippen LogP contribution in [0.3, 0.4) is 0 Å². The van der Waals surface area contributed by atoms with Crippen LogP contribution in [0.1, 0.15) is 50.7 Å². The summed E-state index contributed by atoms with van der Waals surface area (Å²) in [6.45, 7) is 4.48. The first-order valence-electron chi connectivity index (χ1n) is 12.3. The molecule has 0 fully saturated rings. The van der Waals surface area contributed by atoms with Crippen LogP contribution in [0.2, 0.25) is 0 Å². The highest BCUT2D eigenvalue weighted by atomic mass is 16.5. The Morgan fingerprint density at radius 1 is 0.600 bits per heavy atom. The van der Waals surface area contributed by atoms with Crippen molar-refractivity contribution >= 4 is 11.4 Å². The average molecular weight is 467 g/mol. The number of hydrogen-bond donors (Lipinski definition) is 2. The first-order chi connectivity index (χ1) is 17.1. The lowest BCUT2D eigenvalue weighted by Gasteiger charge is -2.36. The van der Waals surface area contributed by atoms with E-state index in [1.54, 1.807) is 0 Å². The van der Waals surface area contributed by atoms with Crippen LogP contribution in [0.25, 0.3) is 0 Å². The highest BCUT2D eigenvalue weighted by Crippen LogP contribution is 2.48. The molecule has 0 radical (unpaired) electrons. The summed E-state index contributed by atoms with van der Waals surface area (Å²) < 4.78 is 12.9. The van der Waals surface area contributed by atoms with E-state index in [4.69, 9.17) is 20.9 Å². The molecule has 0 aromatic heterocycles. The van der Waals surface area contributed by atoms with Crippen LogP contribution in [0.15, 0.2) is 97.1 Å².